The van der Waals surface area contributed by atoms with E-state index in [-0.39, 0.29) is 37.9 Å². The van der Waals surface area contributed by atoms with Crippen LogP contribution in [0.1, 0.15) is 226 Å². The minimum Gasteiger partial charge on any atom is -0.456 e. The summed E-state index contributed by atoms with van der Waals surface area (Å²) in [6.07, 6.45) is 71.0. The molecule has 0 aromatic heterocycles. The molecule has 0 aliphatic carbocycles. The highest BCUT2D eigenvalue weighted by Gasteiger charge is 2.30. The Morgan fingerprint density at radius 2 is 0.932 bits per heavy atom. The topological polar surface area (TPSA) is 111 Å². The molecule has 0 spiro atoms. The third-order valence-corrected chi connectivity index (χ3v) is 13.2. The lowest BCUT2D eigenvalue weighted by molar-refractivity contribution is -0.870. The van der Waals surface area contributed by atoms with Crippen LogP contribution < -0.4 is 5.32 Å². The van der Waals surface area contributed by atoms with Gasteiger partial charge in [0, 0.05) is 12.8 Å². The molecule has 73 heavy (non-hydrogen) atoms. The molecule has 10 heteroatoms. The second-order valence-corrected chi connectivity index (χ2v) is 21.9. The average molecular weight is 1040 g/mol. The molecule has 0 saturated carbocycles. The summed E-state index contributed by atoms with van der Waals surface area (Å²) in [5.74, 6) is -0.623. The van der Waals surface area contributed by atoms with Gasteiger partial charge < -0.3 is 19.4 Å². The number of phosphoric ester groups is 1. The Balaban J connectivity index is 5.51. The van der Waals surface area contributed by atoms with Crippen LogP contribution in [-0.4, -0.2) is 74.3 Å². The summed E-state index contributed by atoms with van der Waals surface area (Å²) in [5, 5.41) is 3.00. The fraction of sp³-hybridized carbons (Fsp3) is 0.683. The van der Waals surface area contributed by atoms with Crippen LogP contribution in [0, 0.1) is 0 Å². The standard InChI is InChI=1S/C63H109N2O7P/c1-7-10-13-16-19-22-25-28-30-31-32-33-35-37-40-43-46-49-52-55-62(66)64-60(59-71-73(68,69)70-58-57-65(4,5)6)61(54-51-48-45-42-39-36-27-24-21-18-15-12-9-3)72-63(67)56-53-50-47-44-41-38-34-29-26-23-20-17-14-11-8-2/h10,13,19-20,22-23,26,28-30,32-33,37,40,46,49,51,54,60-61H,7-9,11-12,14-18,21,24-25,27,31,34-36,38-39,41-45,47-48,50,52-53,55-59H2,1-6H3,(H-,64,66,68,69)/p+1/b13-10-,22-19-,23-20+,29-26+,30-28-,33-32-,40-37-,49-46-,54-51-. The van der Waals surface area contributed by atoms with E-state index in [0.29, 0.717) is 23.9 Å². The smallest absolute Gasteiger partial charge is 0.456 e. The normalized spacial score (nSPS) is 14.6. The molecule has 0 aromatic carbocycles. The fourth-order valence-corrected chi connectivity index (χ4v) is 8.45. The van der Waals surface area contributed by atoms with Gasteiger partial charge in [-0.2, -0.15) is 0 Å². The Kier molecular flexibility index (Phi) is 49.7. The van der Waals surface area contributed by atoms with Crippen LogP contribution in [-0.2, 0) is 27.9 Å². The van der Waals surface area contributed by atoms with Crippen molar-refractivity contribution in [3.63, 3.8) is 0 Å². The number of rotatable bonds is 51. The number of hydrogen-bond acceptors (Lipinski definition) is 6. The minimum absolute atomic E-state index is 0.0193. The molecule has 0 rings (SSSR count). The molecule has 0 bridgehead atoms. The molecule has 0 aliphatic heterocycles. The lowest BCUT2D eigenvalue weighted by Gasteiger charge is -2.27. The van der Waals surface area contributed by atoms with Crippen molar-refractivity contribution in [2.75, 3.05) is 40.9 Å². The number of ether oxygens (including phenoxy) is 1. The Labute approximate surface area is 449 Å². The molecule has 0 aromatic rings. The van der Waals surface area contributed by atoms with E-state index in [1.807, 2.05) is 45.4 Å². The van der Waals surface area contributed by atoms with Crippen LogP contribution in [0.15, 0.2) is 109 Å². The highest BCUT2D eigenvalue weighted by atomic mass is 31.2. The first-order valence-corrected chi connectivity index (χ1v) is 30.7. The molecule has 0 saturated heterocycles. The SMILES string of the molecule is CC/C=C\C/C=C\C/C=C\C/C=C\C/C=C\C/C=C\CCC(=O)NC(COP(=O)(O)OCC[N+](C)(C)C)C(/C=C\CCCCCCCCCCCCC)OC(=O)CCCCCCCC/C=C/C=C/CCCCC. The third kappa shape index (κ3) is 53.3. The molecule has 1 amide bonds. The quantitative estimate of drug-likeness (QED) is 0.0156. The van der Waals surface area contributed by atoms with Crippen LogP contribution in [0.4, 0.5) is 0 Å². The highest BCUT2D eigenvalue weighted by Crippen LogP contribution is 2.43. The van der Waals surface area contributed by atoms with Gasteiger partial charge in [-0.05, 0) is 96.0 Å². The first-order chi connectivity index (χ1) is 35.4. The molecule has 0 heterocycles. The number of carbonyl (C=O) groups excluding carboxylic acids is 2. The van der Waals surface area contributed by atoms with Crippen molar-refractivity contribution >= 4 is 19.7 Å². The molecule has 9 nitrogen and oxygen atoms in total. The zero-order valence-corrected chi connectivity index (χ0v) is 48.5. The number of nitrogens with one attached hydrogen (secondary N) is 1. The van der Waals surface area contributed by atoms with Gasteiger partial charge in [0.25, 0.3) is 0 Å². The van der Waals surface area contributed by atoms with E-state index in [1.165, 1.54) is 77.0 Å². The molecule has 2 N–H and O–H groups in total. The van der Waals surface area contributed by atoms with E-state index >= 15 is 0 Å². The van der Waals surface area contributed by atoms with Crippen LogP contribution in [0.5, 0.6) is 0 Å². The summed E-state index contributed by atoms with van der Waals surface area (Å²) in [6, 6.07) is -0.900. The van der Waals surface area contributed by atoms with E-state index in [2.05, 4.69) is 111 Å². The lowest BCUT2D eigenvalue weighted by atomic mass is 10.0. The Hall–Kier alpha value is -3.33. The van der Waals surface area contributed by atoms with Gasteiger partial charge in [0.1, 0.15) is 19.3 Å². The maximum absolute atomic E-state index is 13.5. The first-order valence-electron chi connectivity index (χ1n) is 29.2. The molecular weight excluding hydrogens is 928 g/mol. The summed E-state index contributed by atoms with van der Waals surface area (Å²) in [7, 11) is 1.43. The average Bonchev–Trinajstić information content (AvgIpc) is 3.35. The van der Waals surface area contributed by atoms with E-state index in [0.717, 1.165) is 103 Å². The van der Waals surface area contributed by atoms with E-state index in [1.54, 1.807) is 0 Å². The third-order valence-electron chi connectivity index (χ3n) is 12.2. The van der Waals surface area contributed by atoms with Crippen LogP contribution in [0.25, 0.3) is 0 Å². The number of allylic oxidation sites excluding steroid dienone is 17. The number of esters is 1. The number of hydrogen-bond donors (Lipinski definition) is 2. The summed E-state index contributed by atoms with van der Waals surface area (Å²) >= 11 is 0. The van der Waals surface area contributed by atoms with Crippen molar-refractivity contribution < 1.29 is 37.3 Å². The molecule has 3 unspecified atom stereocenters. The van der Waals surface area contributed by atoms with E-state index < -0.39 is 20.0 Å². The summed E-state index contributed by atoms with van der Waals surface area (Å²) in [4.78, 5) is 37.6. The van der Waals surface area contributed by atoms with Gasteiger partial charge in [0.2, 0.25) is 5.91 Å². The van der Waals surface area contributed by atoms with Gasteiger partial charge in [0.05, 0.1) is 33.8 Å². The van der Waals surface area contributed by atoms with Gasteiger partial charge in [-0.25, -0.2) is 4.57 Å². The molecule has 0 fully saturated rings. The molecular formula is C63H110N2O7P+. The maximum Gasteiger partial charge on any atom is 0.472 e. The second kappa shape index (κ2) is 52.1. The largest absolute Gasteiger partial charge is 0.472 e. The van der Waals surface area contributed by atoms with Crippen molar-refractivity contribution in [1.29, 1.82) is 0 Å². The first kappa shape index (κ1) is 69.7. The molecule has 0 radical (unpaired) electrons. The van der Waals surface area contributed by atoms with Crippen molar-refractivity contribution in [1.82, 2.24) is 5.32 Å². The molecule has 3 atom stereocenters. The predicted octanol–water partition coefficient (Wildman–Crippen LogP) is 17.8. The summed E-state index contributed by atoms with van der Waals surface area (Å²) < 4.78 is 30.6. The zero-order valence-electron chi connectivity index (χ0n) is 47.6. The summed E-state index contributed by atoms with van der Waals surface area (Å²) in [6.45, 7) is 6.78. The van der Waals surface area contributed by atoms with Crippen molar-refractivity contribution in [3.05, 3.63) is 109 Å². The fourth-order valence-electron chi connectivity index (χ4n) is 7.72. The zero-order chi connectivity index (χ0) is 53.6. The van der Waals surface area contributed by atoms with E-state index in [9.17, 15) is 19.0 Å². The van der Waals surface area contributed by atoms with Gasteiger partial charge in [-0.1, -0.05) is 227 Å². The molecule has 418 valence electrons. The molecule has 0 aliphatic rings. The van der Waals surface area contributed by atoms with E-state index in [4.69, 9.17) is 13.8 Å². The Morgan fingerprint density at radius 3 is 1.42 bits per heavy atom. The van der Waals surface area contributed by atoms with Gasteiger partial charge in [0.15, 0.2) is 0 Å². The number of likely N-dealkylation sites (N-methyl/N-ethyl adjacent to an activating group) is 1. The second-order valence-electron chi connectivity index (χ2n) is 20.5. The van der Waals surface area contributed by atoms with Crippen molar-refractivity contribution in [2.24, 2.45) is 0 Å². The predicted molar refractivity (Wildman–Crippen MR) is 313 cm³/mol. The van der Waals surface area contributed by atoms with Gasteiger partial charge >= 0.3 is 13.8 Å². The summed E-state index contributed by atoms with van der Waals surface area (Å²) in [5.41, 5.74) is 0. The van der Waals surface area contributed by atoms with Crippen LogP contribution in [0.2, 0.25) is 0 Å². The lowest BCUT2D eigenvalue weighted by Crippen LogP contribution is -2.47. The number of amides is 1. The van der Waals surface area contributed by atoms with Gasteiger partial charge in [-0.15, -0.1) is 0 Å². The monoisotopic (exact) mass is 1040 g/mol. The van der Waals surface area contributed by atoms with Crippen molar-refractivity contribution in [2.45, 2.75) is 238 Å². The van der Waals surface area contributed by atoms with Crippen molar-refractivity contribution in [3.8, 4) is 0 Å². The number of quaternary nitrogens is 1. The minimum atomic E-state index is -4.47. The Morgan fingerprint density at radius 1 is 0.507 bits per heavy atom. The van der Waals surface area contributed by atoms with Crippen LogP contribution in [0.3, 0.4) is 0 Å². The number of phosphoric acid groups is 1. The van der Waals surface area contributed by atoms with Gasteiger partial charge in [-0.3, -0.25) is 18.6 Å². The Bertz CT molecular complexity index is 1620. The maximum atomic E-state index is 13.5. The highest BCUT2D eigenvalue weighted by molar-refractivity contribution is 7.47. The number of carbonyl (C=O) groups is 2. The van der Waals surface area contributed by atoms with Crippen LogP contribution >= 0.6 is 7.82 Å². The number of nitrogens with zero attached hydrogens (tertiary/aromatic N) is 1. The number of unbranched alkanes of at least 4 members (excludes halogenated alkanes) is 20.